The number of rotatable bonds is 2. The zero-order valence-electron chi connectivity index (χ0n) is 6.94. The van der Waals surface area contributed by atoms with Crippen molar-refractivity contribution in [1.82, 2.24) is 5.32 Å². The van der Waals surface area contributed by atoms with Gasteiger partial charge in [0.2, 0.25) is 0 Å². The molecule has 0 radical (unpaired) electrons. The fourth-order valence-corrected chi connectivity index (χ4v) is 0.470. The van der Waals surface area contributed by atoms with E-state index in [4.69, 9.17) is 10.2 Å². The SMILES string of the molecule is CC=C=CC(=O)NC(=O)C=C(O)O. The van der Waals surface area contributed by atoms with E-state index in [9.17, 15) is 9.59 Å². The predicted octanol–water partition coefficient (Wildman–Crippen LogP) is 0.318. The Morgan fingerprint density at radius 2 is 1.92 bits per heavy atom. The summed E-state index contributed by atoms with van der Waals surface area (Å²) in [5, 5.41) is 18.3. The third-order valence-electron chi connectivity index (χ3n) is 0.888. The lowest BCUT2D eigenvalue weighted by Gasteiger charge is -1.93. The number of aliphatic hydroxyl groups is 2. The van der Waals surface area contributed by atoms with E-state index < -0.39 is 17.8 Å². The standard InChI is InChI=1S/C8H9NO4/c1-2-3-4-6(10)9-7(11)5-8(12)13/h2,4-5,12-13H,1H3,(H,9,10,11). The Hall–Kier alpha value is -2.00. The maximum Gasteiger partial charge on any atom is 0.279 e. The Bertz CT molecular complexity index is 293. The summed E-state index contributed by atoms with van der Waals surface area (Å²) in [6, 6.07) is 0. The Labute approximate surface area is 74.7 Å². The summed E-state index contributed by atoms with van der Waals surface area (Å²) in [5.74, 6) is -2.74. The first-order valence-corrected chi connectivity index (χ1v) is 3.38. The van der Waals surface area contributed by atoms with E-state index in [0.717, 1.165) is 6.08 Å². The van der Waals surface area contributed by atoms with Crippen LogP contribution in [0.25, 0.3) is 0 Å². The molecular weight excluding hydrogens is 174 g/mol. The maximum atomic E-state index is 10.7. The largest absolute Gasteiger partial charge is 0.481 e. The summed E-state index contributed by atoms with van der Waals surface area (Å²) in [7, 11) is 0. The lowest BCUT2D eigenvalue weighted by molar-refractivity contribution is -0.125. The van der Waals surface area contributed by atoms with Gasteiger partial charge in [0.25, 0.3) is 17.8 Å². The molecule has 0 unspecified atom stereocenters. The Morgan fingerprint density at radius 1 is 1.31 bits per heavy atom. The van der Waals surface area contributed by atoms with Crippen LogP contribution in [0.4, 0.5) is 0 Å². The Kier molecular flexibility index (Phi) is 4.76. The Morgan fingerprint density at radius 3 is 2.38 bits per heavy atom. The molecule has 0 atom stereocenters. The molecule has 0 aliphatic heterocycles. The second-order valence-electron chi connectivity index (χ2n) is 1.96. The van der Waals surface area contributed by atoms with Crippen molar-refractivity contribution in [3.05, 3.63) is 29.9 Å². The zero-order valence-corrected chi connectivity index (χ0v) is 6.94. The number of hydrogen-bond acceptors (Lipinski definition) is 4. The molecule has 0 aromatic heterocycles. The van der Waals surface area contributed by atoms with E-state index in [1.807, 2.05) is 5.32 Å². The van der Waals surface area contributed by atoms with Crippen LogP contribution in [0.2, 0.25) is 0 Å². The van der Waals surface area contributed by atoms with E-state index in [1.54, 1.807) is 6.92 Å². The number of amides is 2. The van der Waals surface area contributed by atoms with E-state index in [-0.39, 0.29) is 0 Å². The van der Waals surface area contributed by atoms with Crippen LogP contribution < -0.4 is 5.32 Å². The molecule has 3 N–H and O–H groups in total. The number of hydrogen-bond donors (Lipinski definition) is 3. The molecule has 0 saturated carbocycles. The summed E-state index contributed by atoms with van der Waals surface area (Å²) in [6.45, 7) is 1.66. The summed E-state index contributed by atoms with van der Waals surface area (Å²) in [4.78, 5) is 21.4. The number of nitrogens with one attached hydrogen (secondary N) is 1. The van der Waals surface area contributed by atoms with Gasteiger partial charge in [0, 0.05) is 6.08 Å². The smallest absolute Gasteiger partial charge is 0.279 e. The van der Waals surface area contributed by atoms with Gasteiger partial charge in [0.1, 0.15) is 0 Å². The van der Waals surface area contributed by atoms with Gasteiger partial charge in [-0.15, -0.1) is 5.73 Å². The van der Waals surface area contributed by atoms with Crippen LogP contribution in [-0.2, 0) is 9.59 Å². The second kappa shape index (κ2) is 5.62. The molecule has 0 fully saturated rings. The van der Waals surface area contributed by atoms with Crippen LogP contribution in [-0.4, -0.2) is 22.0 Å². The summed E-state index contributed by atoms with van der Waals surface area (Å²) in [6.07, 6.45) is 2.98. The van der Waals surface area contributed by atoms with Gasteiger partial charge in [-0.3, -0.25) is 14.9 Å². The average Bonchev–Trinajstić information content (AvgIpc) is 1.98. The third kappa shape index (κ3) is 6.40. The minimum absolute atomic E-state index is 0.474. The fraction of sp³-hybridized carbons (Fsp3) is 0.125. The highest BCUT2D eigenvalue weighted by Crippen LogP contribution is 1.80. The summed E-state index contributed by atoms with van der Waals surface area (Å²) >= 11 is 0. The zero-order chi connectivity index (χ0) is 10.3. The van der Waals surface area contributed by atoms with Crippen LogP contribution in [0.1, 0.15) is 6.92 Å². The van der Waals surface area contributed by atoms with E-state index in [2.05, 4.69) is 5.73 Å². The van der Waals surface area contributed by atoms with Crippen LogP contribution in [0.15, 0.2) is 29.9 Å². The van der Waals surface area contributed by atoms with Crippen molar-refractivity contribution in [2.45, 2.75) is 6.92 Å². The molecule has 0 saturated heterocycles. The molecule has 0 spiro atoms. The van der Waals surface area contributed by atoms with Gasteiger partial charge in [-0.25, -0.2) is 0 Å². The van der Waals surface area contributed by atoms with Crippen LogP contribution in [0.5, 0.6) is 0 Å². The van der Waals surface area contributed by atoms with Crippen LogP contribution in [0, 0.1) is 0 Å². The first-order chi connectivity index (χ1) is 6.06. The van der Waals surface area contributed by atoms with Gasteiger partial charge in [0.15, 0.2) is 0 Å². The molecule has 0 aromatic carbocycles. The molecule has 0 rings (SSSR count). The van der Waals surface area contributed by atoms with Gasteiger partial charge < -0.3 is 10.2 Å². The molecule has 13 heavy (non-hydrogen) atoms. The number of carbonyl (C=O) groups excluding carboxylic acids is 2. The van der Waals surface area contributed by atoms with Crippen molar-refractivity contribution in [3.63, 3.8) is 0 Å². The normalized spacial score (nSPS) is 7.77. The molecule has 0 aliphatic carbocycles. The lowest BCUT2D eigenvalue weighted by Crippen LogP contribution is -2.27. The fourth-order valence-electron chi connectivity index (χ4n) is 0.470. The minimum Gasteiger partial charge on any atom is -0.481 e. The van der Waals surface area contributed by atoms with Gasteiger partial charge in [-0.2, -0.15) is 0 Å². The van der Waals surface area contributed by atoms with E-state index in [0.29, 0.717) is 6.08 Å². The molecule has 5 nitrogen and oxygen atoms in total. The summed E-state index contributed by atoms with van der Waals surface area (Å²) < 4.78 is 0. The van der Waals surface area contributed by atoms with Gasteiger partial charge in [0.05, 0.1) is 6.08 Å². The van der Waals surface area contributed by atoms with Crippen molar-refractivity contribution < 1.29 is 19.8 Å². The third-order valence-corrected chi connectivity index (χ3v) is 0.888. The van der Waals surface area contributed by atoms with Gasteiger partial charge in [-0.1, -0.05) is 0 Å². The van der Waals surface area contributed by atoms with Crippen molar-refractivity contribution >= 4 is 11.8 Å². The second-order valence-corrected chi connectivity index (χ2v) is 1.96. The van der Waals surface area contributed by atoms with E-state index >= 15 is 0 Å². The first kappa shape index (κ1) is 11.0. The number of aliphatic hydroxyl groups excluding tert-OH is 1. The van der Waals surface area contributed by atoms with Gasteiger partial charge >= 0.3 is 0 Å². The molecular formula is C8H9NO4. The topological polar surface area (TPSA) is 86.6 Å². The predicted molar refractivity (Wildman–Crippen MR) is 44.8 cm³/mol. The number of carbonyl (C=O) groups is 2. The first-order valence-electron chi connectivity index (χ1n) is 3.38. The molecule has 0 bridgehead atoms. The van der Waals surface area contributed by atoms with Crippen molar-refractivity contribution in [2.75, 3.05) is 0 Å². The highest BCUT2D eigenvalue weighted by molar-refractivity contribution is 6.04. The highest BCUT2D eigenvalue weighted by Gasteiger charge is 2.02. The monoisotopic (exact) mass is 183 g/mol. The molecule has 0 heterocycles. The van der Waals surface area contributed by atoms with Crippen molar-refractivity contribution in [2.24, 2.45) is 0 Å². The summed E-state index contributed by atoms with van der Waals surface area (Å²) in [5.41, 5.74) is 2.45. The van der Waals surface area contributed by atoms with Gasteiger partial charge in [-0.05, 0) is 13.0 Å². The molecule has 0 aliphatic rings. The van der Waals surface area contributed by atoms with Crippen LogP contribution >= 0.6 is 0 Å². The van der Waals surface area contributed by atoms with Crippen molar-refractivity contribution in [3.8, 4) is 0 Å². The molecule has 70 valence electrons. The van der Waals surface area contributed by atoms with Crippen molar-refractivity contribution in [1.29, 1.82) is 0 Å². The molecule has 5 heteroatoms. The van der Waals surface area contributed by atoms with Crippen LogP contribution in [0.3, 0.4) is 0 Å². The molecule has 0 aromatic rings. The van der Waals surface area contributed by atoms with E-state index in [1.165, 1.54) is 6.08 Å². The molecule has 2 amide bonds. The highest BCUT2D eigenvalue weighted by atomic mass is 16.5. The minimum atomic E-state index is -1.15. The quantitative estimate of drug-likeness (QED) is 0.327. The average molecular weight is 183 g/mol. The maximum absolute atomic E-state index is 10.7. The number of imide groups is 1. The lowest BCUT2D eigenvalue weighted by atomic mass is 10.5. The Balaban J connectivity index is 4.16.